The highest BCUT2D eigenvalue weighted by molar-refractivity contribution is 14.1. The molecule has 0 unspecified atom stereocenters. The molecule has 0 aromatic carbocycles. The monoisotopic (exact) mass is 367 g/mol. The highest BCUT2D eigenvalue weighted by atomic mass is 127. The molecule has 0 saturated carbocycles. The second kappa shape index (κ2) is 5.32. The van der Waals surface area contributed by atoms with Gasteiger partial charge in [0.1, 0.15) is 0 Å². The highest BCUT2D eigenvalue weighted by Gasteiger charge is 2.37. The molecule has 1 aromatic heterocycles. The van der Waals surface area contributed by atoms with Crippen molar-refractivity contribution in [2.24, 2.45) is 0 Å². The summed E-state index contributed by atoms with van der Waals surface area (Å²) in [6, 6.07) is 1.74. The minimum absolute atomic E-state index is 0.181. The lowest BCUT2D eigenvalue weighted by atomic mass is 10.2. The number of pyridine rings is 1. The van der Waals surface area contributed by atoms with Crippen LogP contribution in [0.4, 0.5) is 4.39 Å². The fourth-order valence-corrected chi connectivity index (χ4v) is 2.44. The highest BCUT2D eigenvalue weighted by Crippen LogP contribution is 2.36. The molecule has 0 bridgehead atoms. The van der Waals surface area contributed by atoms with Crippen molar-refractivity contribution in [2.75, 3.05) is 0 Å². The molecule has 0 aliphatic carbocycles. The summed E-state index contributed by atoms with van der Waals surface area (Å²) in [5.74, 6) is -0.276. The second-order valence-corrected chi connectivity index (χ2v) is 11.6. The van der Waals surface area contributed by atoms with E-state index in [0.717, 1.165) is 5.69 Å². The normalized spacial score (nSPS) is 12.9. The summed E-state index contributed by atoms with van der Waals surface area (Å²) in [5, 5.41) is 0.181. The second-order valence-electron chi connectivity index (χ2n) is 5.64. The molecule has 0 atom stereocenters. The van der Waals surface area contributed by atoms with Crippen LogP contribution in [0, 0.1) is 9.39 Å². The van der Waals surface area contributed by atoms with Gasteiger partial charge >= 0.3 is 0 Å². The topological polar surface area (TPSA) is 22.1 Å². The lowest BCUT2D eigenvalue weighted by molar-refractivity contribution is 0.271. The van der Waals surface area contributed by atoms with Gasteiger partial charge in [0.15, 0.2) is 14.1 Å². The zero-order valence-corrected chi connectivity index (χ0v) is 14.1. The van der Waals surface area contributed by atoms with Crippen LogP contribution in [0.5, 0.6) is 0 Å². The largest absolute Gasteiger partial charge is 0.411 e. The van der Waals surface area contributed by atoms with Gasteiger partial charge in [-0.3, -0.25) is 4.98 Å². The van der Waals surface area contributed by atoms with Gasteiger partial charge in [-0.25, -0.2) is 4.39 Å². The maximum absolute atomic E-state index is 13.1. The van der Waals surface area contributed by atoms with Crippen molar-refractivity contribution in [2.45, 2.75) is 45.5 Å². The van der Waals surface area contributed by atoms with Crippen molar-refractivity contribution >= 4 is 30.9 Å². The first-order valence-electron chi connectivity index (χ1n) is 5.57. The lowest BCUT2D eigenvalue weighted by Crippen LogP contribution is -2.40. The van der Waals surface area contributed by atoms with E-state index in [2.05, 4.69) is 38.8 Å². The zero-order valence-electron chi connectivity index (χ0n) is 11.0. The Bertz CT molecular complexity index is 404. The van der Waals surface area contributed by atoms with Gasteiger partial charge in [0.05, 0.1) is 22.1 Å². The van der Waals surface area contributed by atoms with E-state index >= 15 is 0 Å². The molecule has 1 heterocycles. The molecule has 0 amide bonds. The Morgan fingerprint density at radius 3 is 2.47 bits per heavy atom. The number of hydrogen-bond donors (Lipinski definition) is 0. The van der Waals surface area contributed by atoms with E-state index < -0.39 is 8.32 Å². The van der Waals surface area contributed by atoms with Crippen LogP contribution >= 0.6 is 22.6 Å². The Morgan fingerprint density at radius 2 is 2.00 bits per heavy atom. The van der Waals surface area contributed by atoms with Gasteiger partial charge in [0.25, 0.3) is 0 Å². The molecule has 0 radical (unpaired) electrons. The third-order valence-corrected chi connectivity index (χ3v) is 8.56. The summed E-state index contributed by atoms with van der Waals surface area (Å²) in [4.78, 5) is 4.04. The smallest absolute Gasteiger partial charge is 0.192 e. The van der Waals surface area contributed by atoms with Gasteiger partial charge in [0, 0.05) is 0 Å². The third-order valence-electron chi connectivity index (χ3n) is 3.25. The maximum Gasteiger partial charge on any atom is 0.192 e. The van der Waals surface area contributed by atoms with Crippen molar-refractivity contribution in [1.82, 2.24) is 4.98 Å². The zero-order chi connectivity index (χ0) is 13.3. The fraction of sp³-hybridized carbons (Fsp3) is 0.583. The van der Waals surface area contributed by atoms with E-state index in [0.29, 0.717) is 10.2 Å². The Labute approximate surface area is 117 Å². The fourth-order valence-electron chi connectivity index (χ4n) is 1.00. The summed E-state index contributed by atoms with van der Waals surface area (Å²) in [7, 11) is -1.75. The summed E-state index contributed by atoms with van der Waals surface area (Å²) in [5.41, 5.74) is 0.792. The summed E-state index contributed by atoms with van der Waals surface area (Å²) >= 11 is 1.97. The number of halogens is 2. The van der Waals surface area contributed by atoms with Gasteiger partial charge in [-0.2, -0.15) is 0 Å². The van der Waals surface area contributed by atoms with Crippen LogP contribution in [-0.4, -0.2) is 13.3 Å². The molecule has 0 spiro atoms. The number of aromatic nitrogens is 1. The molecule has 1 aromatic rings. The Hall–Kier alpha value is -0.0131. The van der Waals surface area contributed by atoms with Gasteiger partial charge in [-0.1, -0.05) is 20.8 Å². The average Bonchev–Trinajstić information content (AvgIpc) is 2.18. The van der Waals surface area contributed by atoms with Crippen LogP contribution < -0.4 is 0 Å². The van der Waals surface area contributed by atoms with Crippen LogP contribution in [0.15, 0.2) is 12.3 Å². The molecule has 5 heteroatoms. The van der Waals surface area contributed by atoms with Crippen LogP contribution in [0.3, 0.4) is 0 Å². The first-order chi connectivity index (χ1) is 7.63. The minimum Gasteiger partial charge on any atom is -0.411 e. The predicted molar refractivity (Wildman–Crippen MR) is 78.9 cm³/mol. The van der Waals surface area contributed by atoms with E-state index in [4.69, 9.17) is 4.43 Å². The Balaban J connectivity index is 2.71. The number of nitrogens with zero attached hydrogens (tertiary/aromatic N) is 1. The van der Waals surface area contributed by atoms with E-state index in [1.165, 1.54) is 6.20 Å². The van der Waals surface area contributed by atoms with Crippen LogP contribution in [0.2, 0.25) is 18.1 Å². The number of rotatable bonds is 3. The van der Waals surface area contributed by atoms with Crippen molar-refractivity contribution < 1.29 is 8.82 Å². The van der Waals surface area contributed by atoms with Crippen LogP contribution in [-0.2, 0) is 11.0 Å². The predicted octanol–water partition coefficient (Wildman–Crippen LogP) is 4.35. The maximum atomic E-state index is 13.1. The quantitative estimate of drug-likeness (QED) is 0.586. The van der Waals surface area contributed by atoms with Crippen molar-refractivity contribution in [3.05, 3.63) is 27.3 Å². The molecule has 0 fully saturated rings. The van der Waals surface area contributed by atoms with E-state index in [1.54, 1.807) is 6.07 Å². The molecule has 0 aliphatic rings. The van der Waals surface area contributed by atoms with E-state index in [9.17, 15) is 4.39 Å². The molecular weight excluding hydrogens is 348 g/mol. The molecule has 0 saturated heterocycles. The summed E-state index contributed by atoms with van der Waals surface area (Å²) < 4.78 is 19.7. The molecule has 2 nitrogen and oxygen atoms in total. The van der Waals surface area contributed by atoms with Crippen molar-refractivity contribution in [3.8, 4) is 0 Å². The van der Waals surface area contributed by atoms with Crippen molar-refractivity contribution in [1.29, 1.82) is 0 Å². The minimum atomic E-state index is -1.75. The number of hydrogen-bond acceptors (Lipinski definition) is 2. The molecule has 0 aliphatic heterocycles. The SMILES string of the molecule is CC(C)(C)[Si](C)(C)OCc1cc(I)c(F)cn1. The van der Waals surface area contributed by atoms with Crippen LogP contribution in [0.25, 0.3) is 0 Å². The molecule has 0 N–H and O–H groups in total. The van der Waals surface area contributed by atoms with Gasteiger partial charge in [-0.15, -0.1) is 0 Å². The Morgan fingerprint density at radius 1 is 1.41 bits per heavy atom. The van der Waals surface area contributed by atoms with Gasteiger partial charge < -0.3 is 4.43 Å². The first-order valence-corrected chi connectivity index (χ1v) is 9.56. The molecule has 1 rings (SSSR count). The van der Waals surface area contributed by atoms with Gasteiger partial charge in [0.2, 0.25) is 0 Å². The molecule has 17 heavy (non-hydrogen) atoms. The summed E-state index contributed by atoms with van der Waals surface area (Å²) in [6.45, 7) is 11.4. The molecular formula is C12H19FINOSi. The third kappa shape index (κ3) is 3.99. The Kier molecular flexibility index (Phi) is 4.71. The average molecular weight is 367 g/mol. The lowest BCUT2D eigenvalue weighted by Gasteiger charge is -2.36. The van der Waals surface area contributed by atoms with Crippen molar-refractivity contribution in [3.63, 3.8) is 0 Å². The molecule has 96 valence electrons. The first kappa shape index (κ1) is 15.0. The van der Waals surface area contributed by atoms with E-state index in [-0.39, 0.29) is 10.9 Å². The van der Waals surface area contributed by atoms with E-state index in [1.807, 2.05) is 22.6 Å². The van der Waals surface area contributed by atoms with Crippen LogP contribution in [0.1, 0.15) is 26.5 Å². The summed E-state index contributed by atoms with van der Waals surface area (Å²) in [6.07, 6.45) is 1.26. The van der Waals surface area contributed by atoms with Gasteiger partial charge in [-0.05, 0) is 46.8 Å². The standard InChI is InChI=1S/C12H19FINOSi/c1-12(2,3)17(4,5)16-8-9-6-11(14)10(13)7-15-9/h6-7H,8H2,1-5H3.